The molecule has 0 bridgehead atoms. The Bertz CT molecular complexity index is 1310. The summed E-state index contributed by atoms with van der Waals surface area (Å²) in [6.07, 6.45) is -1.15. The van der Waals surface area contributed by atoms with E-state index in [4.69, 9.17) is 5.73 Å². The van der Waals surface area contributed by atoms with Crippen molar-refractivity contribution in [1.82, 2.24) is 20.4 Å². The molecule has 1 saturated heterocycles. The Morgan fingerprint density at radius 1 is 1.08 bits per heavy atom. The van der Waals surface area contributed by atoms with Gasteiger partial charge in [0, 0.05) is 31.6 Å². The van der Waals surface area contributed by atoms with Crippen LogP contribution in [0.3, 0.4) is 0 Å². The molecule has 3 atom stereocenters. The number of nitrogens with one attached hydrogen (secondary N) is 2. The quantitative estimate of drug-likeness (QED) is 0.267. The number of benzene rings is 2. The summed E-state index contributed by atoms with van der Waals surface area (Å²) in [4.78, 5) is 49.8. The minimum atomic E-state index is -1.67. The highest BCUT2D eigenvalue weighted by molar-refractivity contribution is 5.98. The molecule has 4 rings (SSSR count). The van der Waals surface area contributed by atoms with E-state index in [1.54, 1.807) is 0 Å². The van der Waals surface area contributed by atoms with Crippen molar-refractivity contribution in [3.63, 3.8) is 0 Å². The fraction of sp³-hybridized carbons (Fsp3) is 0.296. The van der Waals surface area contributed by atoms with Crippen molar-refractivity contribution in [3.05, 3.63) is 77.6 Å². The third-order valence-electron chi connectivity index (χ3n) is 6.59. The zero-order valence-electron chi connectivity index (χ0n) is 20.5. The van der Waals surface area contributed by atoms with E-state index in [0.717, 1.165) is 16.7 Å². The summed E-state index contributed by atoms with van der Waals surface area (Å²) < 4.78 is 0. The van der Waals surface area contributed by atoms with Crippen LogP contribution in [0, 0.1) is 5.92 Å². The third-order valence-corrected chi connectivity index (χ3v) is 6.59. The van der Waals surface area contributed by atoms with Crippen LogP contribution in [0.2, 0.25) is 0 Å². The molecule has 1 aliphatic heterocycles. The van der Waals surface area contributed by atoms with Crippen molar-refractivity contribution in [2.45, 2.75) is 31.4 Å². The van der Waals surface area contributed by atoms with Crippen molar-refractivity contribution in [2.24, 2.45) is 11.7 Å². The number of nitrogens with two attached hydrogens (primary N) is 1. The highest BCUT2D eigenvalue weighted by Gasteiger charge is 2.31. The van der Waals surface area contributed by atoms with Crippen LogP contribution in [0.4, 0.5) is 0 Å². The Kier molecular flexibility index (Phi) is 8.17. The number of likely N-dealkylation sites (tertiary alicyclic amines) is 1. The molecule has 3 amide bonds. The average molecular weight is 520 g/mol. The number of primary amides is 1. The molecule has 3 aromatic rings. The second kappa shape index (κ2) is 11.7. The maximum atomic E-state index is 12.9. The molecule has 2 aromatic carbocycles. The van der Waals surface area contributed by atoms with Crippen LogP contribution >= 0.6 is 0 Å². The van der Waals surface area contributed by atoms with Crippen LogP contribution in [0.25, 0.3) is 11.1 Å². The summed E-state index contributed by atoms with van der Waals surface area (Å²) in [6, 6.07) is 18.0. The predicted octanol–water partition coefficient (Wildman–Crippen LogP) is 1.20. The molecule has 198 valence electrons. The standard InChI is InChI=1S/C27H29N5O6/c28-24(34)19-10-11-32(15-19)26(36)22-14-21(30-31-22)25(35)29-20(13-23(33)27(37)38)12-16-6-8-18(9-7-16)17-4-2-1-3-5-17/h1-9,14,19-20,23,33H,10-13,15H2,(H2,28,34)(H,29,35)(H,30,31)(H,37,38)/t19?,20-,23-/m1/s1. The smallest absolute Gasteiger partial charge is 0.332 e. The van der Waals surface area contributed by atoms with Gasteiger partial charge in [0.05, 0.1) is 5.92 Å². The van der Waals surface area contributed by atoms with Crippen molar-refractivity contribution in [3.8, 4) is 11.1 Å². The zero-order valence-corrected chi connectivity index (χ0v) is 20.5. The molecule has 0 saturated carbocycles. The minimum Gasteiger partial charge on any atom is -0.479 e. The van der Waals surface area contributed by atoms with Gasteiger partial charge in [0.25, 0.3) is 11.8 Å². The second-order valence-electron chi connectivity index (χ2n) is 9.33. The predicted molar refractivity (Wildman–Crippen MR) is 137 cm³/mol. The van der Waals surface area contributed by atoms with E-state index >= 15 is 0 Å². The summed E-state index contributed by atoms with van der Waals surface area (Å²) >= 11 is 0. The van der Waals surface area contributed by atoms with E-state index in [2.05, 4.69) is 15.5 Å². The molecular formula is C27H29N5O6. The van der Waals surface area contributed by atoms with E-state index in [0.29, 0.717) is 13.0 Å². The number of carboxylic acid groups (broad SMARTS) is 1. The summed E-state index contributed by atoms with van der Waals surface area (Å²) in [6.45, 7) is 0.568. The molecule has 2 heterocycles. The van der Waals surface area contributed by atoms with Gasteiger partial charge >= 0.3 is 5.97 Å². The number of H-pyrrole nitrogens is 1. The largest absolute Gasteiger partial charge is 0.479 e. The van der Waals surface area contributed by atoms with Gasteiger partial charge in [-0.25, -0.2) is 4.79 Å². The number of carboxylic acids is 1. The van der Waals surface area contributed by atoms with Crippen molar-refractivity contribution in [2.75, 3.05) is 13.1 Å². The molecule has 11 heteroatoms. The van der Waals surface area contributed by atoms with Gasteiger partial charge in [0.15, 0.2) is 11.8 Å². The third kappa shape index (κ3) is 6.43. The van der Waals surface area contributed by atoms with Crippen LogP contribution in [0.1, 0.15) is 39.4 Å². The lowest BCUT2D eigenvalue weighted by Crippen LogP contribution is -2.40. The highest BCUT2D eigenvalue weighted by atomic mass is 16.4. The normalized spacial score (nSPS) is 16.6. The van der Waals surface area contributed by atoms with Gasteiger partial charge in [-0.05, 0) is 29.5 Å². The fourth-order valence-corrected chi connectivity index (χ4v) is 4.47. The van der Waals surface area contributed by atoms with E-state index in [1.807, 2.05) is 54.6 Å². The molecule has 38 heavy (non-hydrogen) atoms. The Morgan fingerprint density at radius 2 is 1.76 bits per heavy atom. The molecule has 1 unspecified atom stereocenters. The maximum absolute atomic E-state index is 12.9. The summed E-state index contributed by atoms with van der Waals surface area (Å²) in [5.74, 6) is -3.30. The van der Waals surface area contributed by atoms with Gasteiger partial charge in [-0.3, -0.25) is 19.5 Å². The number of hydrogen-bond acceptors (Lipinski definition) is 6. The maximum Gasteiger partial charge on any atom is 0.332 e. The minimum absolute atomic E-state index is 0.0618. The first-order valence-corrected chi connectivity index (χ1v) is 12.2. The molecular weight excluding hydrogens is 490 g/mol. The number of carbonyl (C=O) groups excluding carboxylic acids is 3. The lowest BCUT2D eigenvalue weighted by molar-refractivity contribution is -0.147. The Hall–Kier alpha value is -4.51. The molecule has 1 aliphatic rings. The van der Waals surface area contributed by atoms with E-state index in [-0.39, 0.29) is 30.8 Å². The van der Waals surface area contributed by atoms with Crippen LogP contribution in [-0.2, 0) is 16.0 Å². The topological polar surface area (TPSA) is 179 Å². The van der Waals surface area contributed by atoms with E-state index < -0.39 is 41.8 Å². The molecule has 1 fully saturated rings. The number of rotatable bonds is 10. The van der Waals surface area contributed by atoms with Gasteiger partial charge in [0.1, 0.15) is 5.69 Å². The summed E-state index contributed by atoms with van der Waals surface area (Å²) in [5.41, 5.74) is 8.24. The molecule has 11 nitrogen and oxygen atoms in total. The number of aromatic nitrogens is 2. The summed E-state index contributed by atoms with van der Waals surface area (Å²) in [7, 11) is 0. The first-order chi connectivity index (χ1) is 18.2. The molecule has 1 aromatic heterocycles. The molecule has 6 N–H and O–H groups in total. The Morgan fingerprint density at radius 3 is 2.39 bits per heavy atom. The Balaban J connectivity index is 1.43. The van der Waals surface area contributed by atoms with E-state index in [1.165, 1.54) is 11.0 Å². The number of aliphatic carboxylic acids is 1. The first kappa shape index (κ1) is 26.6. The van der Waals surface area contributed by atoms with Crippen LogP contribution in [0.15, 0.2) is 60.7 Å². The van der Waals surface area contributed by atoms with Gasteiger partial charge in [-0.2, -0.15) is 5.10 Å². The average Bonchev–Trinajstić information content (AvgIpc) is 3.60. The Labute approximate surface area is 218 Å². The number of amides is 3. The van der Waals surface area contributed by atoms with Crippen molar-refractivity contribution < 1.29 is 29.4 Å². The van der Waals surface area contributed by atoms with Crippen LogP contribution in [0.5, 0.6) is 0 Å². The number of hydrogen-bond donors (Lipinski definition) is 5. The van der Waals surface area contributed by atoms with Gasteiger partial charge in [-0.15, -0.1) is 0 Å². The highest BCUT2D eigenvalue weighted by Crippen LogP contribution is 2.21. The molecule has 0 aliphatic carbocycles. The lowest BCUT2D eigenvalue weighted by Gasteiger charge is -2.20. The van der Waals surface area contributed by atoms with Crippen molar-refractivity contribution in [1.29, 1.82) is 0 Å². The number of aromatic amines is 1. The molecule has 0 spiro atoms. The zero-order chi connectivity index (χ0) is 27.2. The van der Waals surface area contributed by atoms with E-state index in [9.17, 15) is 29.4 Å². The van der Waals surface area contributed by atoms with Gasteiger partial charge in [0.2, 0.25) is 5.91 Å². The van der Waals surface area contributed by atoms with Gasteiger partial charge in [-0.1, -0.05) is 54.6 Å². The fourth-order valence-electron chi connectivity index (χ4n) is 4.47. The van der Waals surface area contributed by atoms with Gasteiger partial charge < -0.3 is 26.2 Å². The second-order valence-corrected chi connectivity index (χ2v) is 9.33. The van der Waals surface area contributed by atoms with Crippen LogP contribution < -0.4 is 11.1 Å². The summed E-state index contributed by atoms with van der Waals surface area (Å²) in [5, 5.41) is 28.3. The number of carbonyl (C=O) groups is 4. The first-order valence-electron chi connectivity index (χ1n) is 12.2. The van der Waals surface area contributed by atoms with Crippen LogP contribution in [-0.4, -0.2) is 74.2 Å². The SMILES string of the molecule is NC(=O)C1CCN(C(=O)c2cc(C(=O)N[C@H](Cc3ccc(-c4ccccc4)cc3)C[C@@H](O)C(=O)O)n[nH]2)C1. The van der Waals surface area contributed by atoms with Crippen molar-refractivity contribution >= 4 is 23.7 Å². The number of aliphatic hydroxyl groups is 1. The number of aliphatic hydroxyl groups excluding tert-OH is 1. The number of nitrogens with zero attached hydrogens (tertiary/aromatic N) is 2. The lowest BCUT2D eigenvalue weighted by atomic mass is 9.97. The monoisotopic (exact) mass is 519 g/mol. The molecule has 0 radical (unpaired) electrons.